The molecule has 0 aliphatic rings. The first-order valence-electron chi connectivity index (χ1n) is 7.44. The van der Waals surface area contributed by atoms with Crippen LogP contribution < -0.4 is 10.1 Å². The summed E-state index contributed by atoms with van der Waals surface area (Å²) in [7, 11) is 0. The molecule has 0 spiro atoms. The van der Waals surface area contributed by atoms with Crippen LogP contribution in [-0.2, 0) is 14.3 Å². The maximum absolute atomic E-state index is 12.0. The van der Waals surface area contributed by atoms with Gasteiger partial charge in [0.15, 0.2) is 12.2 Å². The molecular weight excluding hydrogens is 330 g/mol. The van der Waals surface area contributed by atoms with E-state index in [0.717, 1.165) is 0 Å². The predicted octanol–water partition coefficient (Wildman–Crippen LogP) is 3.68. The highest BCUT2D eigenvalue weighted by atomic mass is 35.5. The summed E-state index contributed by atoms with van der Waals surface area (Å²) in [4.78, 5) is 24.1. The minimum atomic E-state index is -0.936. The highest BCUT2D eigenvalue weighted by Crippen LogP contribution is 2.17. The Labute approximate surface area is 145 Å². The summed E-state index contributed by atoms with van der Waals surface area (Å²) in [5.41, 5.74) is 0.635. The molecule has 5 nitrogen and oxygen atoms in total. The van der Waals surface area contributed by atoms with Gasteiger partial charge in [0.05, 0.1) is 0 Å². The quantitative estimate of drug-likeness (QED) is 0.810. The number of carbonyl (C=O) groups is 2. The van der Waals surface area contributed by atoms with Crippen LogP contribution in [0.15, 0.2) is 54.6 Å². The van der Waals surface area contributed by atoms with E-state index in [4.69, 9.17) is 21.1 Å². The van der Waals surface area contributed by atoms with Gasteiger partial charge in [0.25, 0.3) is 5.91 Å². The van der Waals surface area contributed by atoms with Gasteiger partial charge in [-0.1, -0.05) is 29.8 Å². The molecule has 0 radical (unpaired) electrons. The molecule has 6 heteroatoms. The van der Waals surface area contributed by atoms with E-state index in [9.17, 15) is 9.59 Å². The number of amides is 1. The van der Waals surface area contributed by atoms with Crippen LogP contribution in [0.1, 0.15) is 13.8 Å². The second-order valence-corrected chi connectivity index (χ2v) is 5.58. The Morgan fingerprint density at radius 2 is 1.58 bits per heavy atom. The number of esters is 1. The number of hydrogen-bond acceptors (Lipinski definition) is 4. The van der Waals surface area contributed by atoms with Crippen molar-refractivity contribution < 1.29 is 19.1 Å². The number of para-hydroxylation sites is 1. The van der Waals surface area contributed by atoms with Crippen molar-refractivity contribution in [2.75, 3.05) is 5.32 Å². The molecule has 24 heavy (non-hydrogen) atoms. The van der Waals surface area contributed by atoms with Crippen molar-refractivity contribution in [2.45, 2.75) is 26.1 Å². The van der Waals surface area contributed by atoms with Crippen LogP contribution in [0.4, 0.5) is 5.69 Å². The lowest BCUT2D eigenvalue weighted by Crippen LogP contribution is -2.35. The molecule has 2 rings (SSSR count). The van der Waals surface area contributed by atoms with Crippen LogP contribution in [0.3, 0.4) is 0 Å². The van der Waals surface area contributed by atoms with Crippen LogP contribution >= 0.6 is 11.6 Å². The molecule has 0 saturated heterocycles. The monoisotopic (exact) mass is 347 g/mol. The second kappa shape index (κ2) is 8.36. The van der Waals surface area contributed by atoms with Gasteiger partial charge in [0, 0.05) is 10.7 Å². The van der Waals surface area contributed by atoms with Gasteiger partial charge in [-0.25, -0.2) is 4.79 Å². The van der Waals surface area contributed by atoms with Gasteiger partial charge in [-0.3, -0.25) is 4.79 Å². The standard InChI is InChI=1S/C18H18ClNO4/c1-12(17(21)20-15-6-4-3-5-7-15)24-18(22)13(2)23-16-10-8-14(19)9-11-16/h3-13H,1-2H3,(H,20,21)/t12-,13+/m1/s1. The zero-order valence-electron chi connectivity index (χ0n) is 13.4. The van der Waals surface area contributed by atoms with Crippen LogP contribution in [0.2, 0.25) is 5.02 Å². The van der Waals surface area contributed by atoms with Crippen molar-refractivity contribution in [3.63, 3.8) is 0 Å². The molecule has 126 valence electrons. The Morgan fingerprint density at radius 1 is 0.958 bits per heavy atom. The smallest absolute Gasteiger partial charge is 0.347 e. The lowest BCUT2D eigenvalue weighted by molar-refractivity contribution is -0.159. The van der Waals surface area contributed by atoms with E-state index in [-0.39, 0.29) is 0 Å². The maximum Gasteiger partial charge on any atom is 0.347 e. The first-order valence-corrected chi connectivity index (χ1v) is 7.82. The van der Waals surface area contributed by atoms with E-state index in [1.54, 1.807) is 55.5 Å². The highest BCUT2D eigenvalue weighted by molar-refractivity contribution is 6.30. The number of anilines is 1. The number of rotatable bonds is 6. The van der Waals surface area contributed by atoms with E-state index >= 15 is 0 Å². The Bertz CT molecular complexity index is 688. The number of nitrogens with one attached hydrogen (secondary N) is 1. The summed E-state index contributed by atoms with van der Waals surface area (Å²) in [5, 5.41) is 3.24. The fraction of sp³-hybridized carbons (Fsp3) is 0.222. The van der Waals surface area contributed by atoms with Crippen LogP contribution in [-0.4, -0.2) is 24.1 Å². The average Bonchev–Trinajstić information content (AvgIpc) is 2.57. The summed E-state index contributed by atoms with van der Waals surface area (Å²) in [6.07, 6.45) is -1.79. The van der Waals surface area contributed by atoms with Gasteiger partial charge < -0.3 is 14.8 Å². The summed E-state index contributed by atoms with van der Waals surface area (Å²) in [5.74, 6) is -0.542. The first kappa shape index (κ1) is 17.8. The molecule has 0 aliphatic carbocycles. The van der Waals surface area contributed by atoms with Gasteiger partial charge in [-0.15, -0.1) is 0 Å². The molecule has 1 amide bonds. The third-order valence-corrected chi connectivity index (χ3v) is 3.41. The van der Waals surface area contributed by atoms with Gasteiger partial charge in [0.1, 0.15) is 5.75 Å². The number of benzene rings is 2. The molecule has 0 fully saturated rings. The lowest BCUT2D eigenvalue weighted by atomic mass is 10.3. The van der Waals surface area contributed by atoms with Crippen LogP contribution in [0, 0.1) is 0 Å². The van der Waals surface area contributed by atoms with Crippen molar-refractivity contribution in [1.82, 2.24) is 0 Å². The fourth-order valence-electron chi connectivity index (χ4n) is 1.85. The summed E-state index contributed by atoms with van der Waals surface area (Å²) in [6.45, 7) is 3.06. The van der Waals surface area contributed by atoms with E-state index in [2.05, 4.69) is 5.32 Å². The third-order valence-electron chi connectivity index (χ3n) is 3.16. The lowest BCUT2D eigenvalue weighted by Gasteiger charge is -2.17. The van der Waals surface area contributed by atoms with Gasteiger partial charge in [0.2, 0.25) is 0 Å². The zero-order valence-corrected chi connectivity index (χ0v) is 14.1. The number of hydrogen-bond donors (Lipinski definition) is 1. The maximum atomic E-state index is 12.0. The first-order chi connectivity index (χ1) is 11.5. The highest BCUT2D eigenvalue weighted by Gasteiger charge is 2.23. The van der Waals surface area contributed by atoms with Crippen molar-refractivity contribution in [2.24, 2.45) is 0 Å². The molecule has 0 unspecified atom stereocenters. The molecule has 0 aromatic heterocycles. The molecule has 0 bridgehead atoms. The largest absolute Gasteiger partial charge is 0.479 e. The Kier molecular flexibility index (Phi) is 6.21. The molecule has 0 saturated carbocycles. The minimum absolute atomic E-state index is 0.409. The van der Waals surface area contributed by atoms with Crippen molar-refractivity contribution in [3.05, 3.63) is 59.6 Å². The SMILES string of the molecule is C[C@H](Oc1ccc(Cl)cc1)C(=O)O[C@H](C)C(=O)Nc1ccccc1. The molecule has 2 aromatic carbocycles. The van der Waals surface area contributed by atoms with Crippen molar-refractivity contribution >= 4 is 29.2 Å². The van der Waals surface area contributed by atoms with Gasteiger partial charge in [-0.2, -0.15) is 0 Å². The predicted molar refractivity (Wildman–Crippen MR) is 92.2 cm³/mol. The van der Waals surface area contributed by atoms with Crippen LogP contribution in [0.25, 0.3) is 0 Å². The molecule has 0 heterocycles. The van der Waals surface area contributed by atoms with Gasteiger partial charge in [-0.05, 0) is 50.2 Å². The Balaban J connectivity index is 1.85. The number of carbonyl (C=O) groups excluding carboxylic acids is 2. The van der Waals surface area contributed by atoms with Gasteiger partial charge >= 0.3 is 5.97 Å². The van der Waals surface area contributed by atoms with Crippen LogP contribution in [0.5, 0.6) is 5.75 Å². The van der Waals surface area contributed by atoms with E-state index in [1.165, 1.54) is 6.92 Å². The number of ether oxygens (including phenoxy) is 2. The van der Waals surface area contributed by atoms with Crippen molar-refractivity contribution in [1.29, 1.82) is 0 Å². The molecule has 0 aliphatic heterocycles. The third kappa shape index (κ3) is 5.28. The summed E-state index contributed by atoms with van der Waals surface area (Å²) >= 11 is 5.79. The van der Waals surface area contributed by atoms with E-state index in [1.807, 2.05) is 6.07 Å². The number of halogens is 1. The second-order valence-electron chi connectivity index (χ2n) is 5.15. The summed E-state index contributed by atoms with van der Waals surface area (Å²) < 4.78 is 10.6. The molecule has 2 aromatic rings. The Hall–Kier alpha value is -2.53. The minimum Gasteiger partial charge on any atom is -0.479 e. The molecular formula is C18H18ClNO4. The molecule has 2 atom stereocenters. The van der Waals surface area contributed by atoms with E-state index in [0.29, 0.717) is 16.5 Å². The van der Waals surface area contributed by atoms with Crippen molar-refractivity contribution in [3.8, 4) is 5.75 Å². The normalized spacial score (nSPS) is 12.8. The summed E-state index contributed by atoms with van der Waals surface area (Å²) in [6, 6.07) is 15.6. The van der Waals surface area contributed by atoms with E-state index < -0.39 is 24.1 Å². The molecule has 1 N–H and O–H groups in total. The topological polar surface area (TPSA) is 64.6 Å². The Morgan fingerprint density at radius 3 is 2.21 bits per heavy atom. The zero-order chi connectivity index (χ0) is 17.5. The average molecular weight is 348 g/mol. The fourth-order valence-corrected chi connectivity index (χ4v) is 1.98.